The predicted octanol–water partition coefficient (Wildman–Crippen LogP) is 5.40. The van der Waals surface area contributed by atoms with Crippen molar-refractivity contribution in [2.45, 2.75) is 18.2 Å². The number of benzene rings is 3. The van der Waals surface area contributed by atoms with Crippen molar-refractivity contribution < 1.29 is 19.0 Å². The Morgan fingerprint density at radius 2 is 1.44 bits per heavy atom. The molecular weight excluding hydrogens is 450 g/mol. The van der Waals surface area contributed by atoms with E-state index in [-0.39, 0.29) is 17.6 Å². The third-order valence-corrected chi connectivity index (χ3v) is 6.08. The second-order valence-electron chi connectivity index (χ2n) is 7.39. The molecule has 1 unspecified atom stereocenters. The molecule has 0 radical (unpaired) electrons. The average Bonchev–Trinajstić information content (AvgIpc) is 3.32. The number of hydrogen-bond acceptors (Lipinski definition) is 7. The highest BCUT2D eigenvalue weighted by molar-refractivity contribution is 7.99. The monoisotopic (exact) mass is 475 g/mol. The Labute approximate surface area is 202 Å². The van der Waals surface area contributed by atoms with Crippen LogP contribution in [0.5, 0.6) is 17.2 Å². The Hall–Kier alpha value is -3.78. The van der Waals surface area contributed by atoms with Crippen molar-refractivity contribution in [1.29, 1.82) is 0 Å². The zero-order valence-corrected chi connectivity index (χ0v) is 20.0. The second-order valence-corrected chi connectivity index (χ2v) is 8.33. The first-order valence-electron chi connectivity index (χ1n) is 10.7. The topological polar surface area (TPSA) is 75.5 Å². The van der Waals surface area contributed by atoms with Gasteiger partial charge in [-0.1, -0.05) is 30.0 Å². The van der Waals surface area contributed by atoms with Crippen molar-refractivity contribution in [1.82, 2.24) is 14.8 Å². The highest BCUT2D eigenvalue weighted by Crippen LogP contribution is 2.29. The summed E-state index contributed by atoms with van der Waals surface area (Å²) in [7, 11) is 3.22. The molecule has 0 aliphatic carbocycles. The lowest BCUT2D eigenvalue weighted by Gasteiger charge is -2.17. The Morgan fingerprint density at radius 3 is 2.06 bits per heavy atom. The SMILES string of the molecule is COc1ccc(OC(C)c2nnc(SCC(=O)c3ccc(OC)cc3)n2-c2ccccc2)cc1. The van der Waals surface area contributed by atoms with E-state index in [2.05, 4.69) is 10.2 Å². The number of rotatable bonds is 10. The number of para-hydroxylation sites is 1. The molecule has 0 bridgehead atoms. The zero-order chi connectivity index (χ0) is 23.9. The number of thioether (sulfide) groups is 1. The molecule has 0 amide bonds. The van der Waals surface area contributed by atoms with E-state index in [4.69, 9.17) is 14.2 Å². The first kappa shape index (κ1) is 23.4. The molecule has 0 N–H and O–H groups in total. The number of aromatic nitrogens is 3. The maximum atomic E-state index is 12.7. The van der Waals surface area contributed by atoms with Gasteiger partial charge >= 0.3 is 0 Å². The van der Waals surface area contributed by atoms with Gasteiger partial charge in [0.2, 0.25) is 0 Å². The van der Waals surface area contributed by atoms with Crippen LogP contribution in [0.2, 0.25) is 0 Å². The van der Waals surface area contributed by atoms with E-state index in [1.54, 1.807) is 38.5 Å². The van der Waals surface area contributed by atoms with Crippen LogP contribution in [0.1, 0.15) is 29.2 Å². The molecular formula is C26H25N3O4S. The van der Waals surface area contributed by atoms with Crippen LogP contribution in [-0.2, 0) is 0 Å². The molecule has 1 atom stereocenters. The van der Waals surface area contributed by atoms with Crippen LogP contribution in [-0.4, -0.2) is 40.5 Å². The lowest BCUT2D eigenvalue weighted by Crippen LogP contribution is -2.12. The number of hydrogen-bond donors (Lipinski definition) is 0. The lowest BCUT2D eigenvalue weighted by molar-refractivity contribution is 0.102. The van der Waals surface area contributed by atoms with Gasteiger partial charge in [-0.25, -0.2) is 0 Å². The molecule has 0 saturated heterocycles. The van der Waals surface area contributed by atoms with Gasteiger partial charge in [0, 0.05) is 11.3 Å². The van der Waals surface area contributed by atoms with Crippen LogP contribution in [0.3, 0.4) is 0 Å². The van der Waals surface area contributed by atoms with Crippen molar-refractivity contribution >= 4 is 17.5 Å². The van der Waals surface area contributed by atoms with Crippen molar-refractivity contribution in [2.75, 3.05) is 20.0 Å². The van der Waals surface area contributed by atoms with Gasteiger partial charge in [-0.2, -0.15) is 0 Å². The van der Waals surface area contributed by atoms with Crippen molar-refractivity contribution in [2.24, 2.45) is 0 Å². The summed E-state index contributed by atoms with van der Waals surface area (Å²) in [6.07, 6.45) is -0.382. The van der Waals surface area contributed by atoms with Crippen LogP contribution in [0.25, 0.3) is 5.69 Å². The number of ketones is 1. The van der Waals surface area contributed by atoms with Gasteiger partial charge in [-0.3, -0.25) is 9.36 Å². The van der Waals surface area contributed by atoms with E-state index in [1.807, 2.05) is 66.1 Å². The van der Waals surface area contributed by atoms with Crippen molar-refractivity contribution in [3.05, 3.63) is 90.3 Å². The van der Waals surface area contributed by atoms with E-state index in [9.17, 15) is 4.79 Å². The Kier molecular flexibility index (Phi) is 7.49. The van der Waals surface area contributed by atoms with E-state index >= 15 is 0 Å². The van der Waals surface area contributed by atoms with Crippen LogP contribution in [0.15, 0.2) is 84.0 Å². The number of methoxy groups -OCH3 is 2. The molecule has 174 valence electrons. The Morgan fingerprint density at radius 1 is 0.853 bits per heavy atom. The van der Waals surface area contributed by atoms with E-state index in [0.29, 0.717) is 28.0 Å². The molecule has 0 spiro atoms. The van der Waals surface area contributed by atoms with Gasteiger partial charge in [-0.05, 0) is 67.6 Å². The minimum absolute atomic E-state index is 0.000606. The highest BCUT2D eigenvalue weighted by atomic mass is 32.2. The van der Waals surface area contributed by atoms with Crippen molar-refractivity contribution in [3.8, 4) is 22.9 Å². The summed E-state index contributed by atoms with van der Waals surface area (Å²) in [5.74, 6) is 3.03. The van der Waals surface area contributed by atoms with Gasteiger partial charge < -0.3 is 14.2 Å². The molecule has 0 aliphatic heterocycles. The highest BCUT2D eigenvalue weighted by Gasteiger charge is 2.22. The molecule has 0 aliphatic rings. The summed E-state index contributed by atoms with van der Waals surface area (Å²) in [4.78, 5) is 12.7. The fourth-order valence-electron chi connectivity index (χ4n) is 3.36. The van der Waals surface area contributed by atoms with Gasteiger partial charge in [0.25, 0.3) is 0 Å². The van der Waals surface area contributed by atoms with Crippen LogP contribution in [0.4, 0.5) is 0 Å². The molecule has 8 heteroatoms. The second kappa shape index (κ2) is 10.9. The summed E-state index contributed by atoms with van der Waals surface area (Å²) >= 11 is 1.34. The fourth-order valence-corrected chi connectivity index (χ4v) is 4.21. The third-order valence-electron chi connectivity index (χ3n) is 5.15. The van der Waals surface area contributed by atoms with E-state index in [0.717, 1.165) is 11.4 Å². The smallest absolute Gasteiger partial charge is 0.196 e. The first-order chi connectivity index (χ1) is 16.6. The number of nitrogens with zero attached hydrogens (tertiary/aromatic N) is 3. The minimum Gasteiger partial charge on any atom is -0.497 e. The summed E-state index contributed by atoms with van der Waals surface area (Å²) in [5.41, 5.74) is 1.52. The molecule has 4 aromatic rings. The molecule has 1 aromatic heterocycles. The summed E-state index contributed by atoms with van der Waals surface area (Å²) in [5, 5.41) is 9.41. The van der Waals surface area contributed by atoms with E-state index < -0.39 is 0 Å². The third kappa shape index (κ3) is 5.40. The zero-order valence-electron chi connectivity index (χ0n) is 19.2. The fraction of sp³-hybridized carbons (Fsp3) is 0.192. The summed E-state index contributed by atoms with van der Waals surface area (Å²) in [6, 6.07) is 24.3. The molecule has 1 heterocycles. The van der Waals surface area contributed by atoms with Gasteiger partial charge in [0.1, 0.15) is 17.2 Å². The summed E-state index contributed by atoms with van der Waals surface area (Å²) in [6.45, 7) is 1.92. The Balaban J connectivity index is 1.55. The standard InChI is InChI=1S/C26H25N3O4S/c1-18(33-23-15-13-22(32-3)14-16-23)25-27-28-26(29(25)20-7-5-4-6-8-20)34-17-24(30)19-9-11-21(31-2)12-10-19/h4-16,18H,17H2,1-3H3. The minimum atomic E-state index is -0.382. The molecule has 7 nitrogen and oxygen atoms in total. The van der Waals surface area contributed by atoms with Gasteiger partial charge in [0.05, 0.1) is 20.0 Å². The number of Topliss-reactive ketones (excluding diaryl/α,β-unsaturated/α-hetero) is 1. The Bertz CT molecular complexity index is 1230. The maximum Gasteiger partial charge on any atom is 0.196 e. The van der Waals surface area contributed by atoms with E-state index in [1.165, 1.54) is 11.8 Å². The first-order valence-corrected chi connectivity index (χ1v) is 11.7. The molecule has 3 aromatic carbocycles. The van der Waals surface area contributed by atoms with Crippen LogP contribution < -0.4 is 14.2 Å². The summed E-state index contributed by atoms with van der Waals surface area (Å²) < 4.78 is 18.4. The normalized spacial score (nSPS) is 11.6. The number of carbonyl (C=O) groups excluding carboxylic acids is 1. The van der Waals surface area contributed by atoms with Crippen molar-refractivity contribution in [3.63, 3.8) is 0 Å². The molecule has 0 saturated carbocycles. The quantitative estimate of drug-likeness (QED) is 0.225. The average molecular weight is 476 g/mol. The van der Waals surface area contributed by atoms with Crippen LogP contribution >= 0.6 is 11.8 Å². The molecule has 0 fully saturated rings. The molecule has 34 heavy (non-hydrogen) atoms. The predicted molar refractivity (Wildman–Crippen MR) is 131 cm³/mol. The number of ether oxygens (including phenoxy) is 3. The molecule has 4 rings (SSSR count). The van der Waals surface area contributed by atoms with Gasteiger partial charge in [0.15, 0.2) is 22.9 Å². The number of carbonyl (C=O) groups is 1. The van der Waals surface area contributed by atoms with Gasteiger partial charge in [-0.15, -0.1) is 10.2 Å². The van der Waals surface area contributed by atoms with Crippen LogP contribution in [0, 0.1) is 0 Å². The lowest BCUT2D eigenvalue weighted by atomic mass is 10.1. The maximum absolute atomic E-state index is 12.7. The largest absolute Gasteiger partial charge is 0.497 e.